The topological polar surface area (TPSA) is 84.1 Å². The minimum atomic E-state index is -0.351. The van der Waals surface area contributed by atoms with E-state index < -0.39 is 0 Å². The van der Waals surface area contributed by atoms with Crippen molar-refractivity contribution in [2.75, 3.05) is 13.2 Å². The zero-order valence-electron chi connectivity index (χ0n) is 12.0. The number of carbonyl (C=O) groups is 1. The zero-order chi connectivity index (χ0) is 15.2. The molecule has 0 fully saturated rings. The van der Waals surface area contributed by atoms with Gasteiger partial charge in [-0.15, -0.1) is 0 Å². The van der Waals surface area contributed by atoms with Crippen molar-refractivity contribution in [2.24, 2.45) is 0 Å². The number of H-pyrrole nitrogens is 1. The molecule has 0 bridgehead atoms. The Bertz CT molecular complexity index is 654. The molecule has 0 saturated heterocycles. The van der Waals surface area contributed by atoms with E-state index in [1.165, 1.54) is 12.1 Å². The molecule has 2 aromatic rings. The Labute approximate surface area is 122 Å². The zero-order valence-corrected chi connectivity index (χ0v) is 12.0. The highest BCUT2D eigenvalue weighted by molar-refractivity contribution is 5.91. The van der Waals surface area contributed by atoms with Crippen LogP contribution >= 0.6 is 0 Å². The minimum Gasteiger partial charge on any atom is -0.491 e. The van der Waals surface area contributed by atoms with Crippen LogP contribution in [0.3, 0.4) is 0 Å². The van der Waals surface area contributed by atoms with E-state index in [2.05, 4.69) is 15.5 Å². The normalized spacial score (nSPS) is 10.2. The van der Waals surface area contributed by atoms with Crippen molar-refractivity contribution in [3.05, 3.63) is 57.5 Å². The fraction of sp³-hybridized carbons (Fsp3) is 0.267. The second-order valence-corrected chi connectivity index (χ2v) is 4.63. The summed E-state index contributed by atoms with van der Waals surface area (Å²) in [5, 5.41) is 8.55. The molecule has 110 valence electrons. The van der Waals surface area contributed by atoms with Crippen LogP contribution in [0.1, 0.15) is 21.6 Å². The smallest absolute Gasteiger partial charge is 0.271 e. The molecule has 0 radical (unpaired) electrons. The number of hydrogen-bond acceptors (Lipinski definition) is 4. The van der Waals surface area contributed by atoms with Gasteiger partial charge in [-0.25, -0.2) is 5.10 Å². The van der Waals surface area contributed by atoms with E-state index in [-0.39, 0.29) is 17.2 Å². The minimum absolute atomic E-state index is 0.168. The summed E-state index contributed by atoms with van der Waals surface area (Å²) in [5.41, 5.74) is 1.94. The Morgan fingerprint density at radius 2 is 1.95 bits per heavy atom. The van der Waals surface area contributed by atoms with Crippen molar-refractivity contribution < 1.29 is 9.53 Å². The van der Waals surface area contributed by atoms with Crippen LogP contribution in [0, 0.1) is 13.8 Å². The number of carbonyl (C=O) groups excluding carboxylic acids is 1. The van der Waals surface area contributed by atoms with Gasteiger partial charge in [0, 0.05) is 6.07 Å². The lowest BCUT2D eigenvalue weighted by Gasteiger charge is -2.12. The molecule has 2 rings (SSSR count). The SMILES string of the molecule is Cc1cccc(C)c1OCCNC(=O)c1ccc(=O)[nH]n1. The molecule has 0 spiro atoms. The molecule has 0 saturated carbocycles. The number of ether oxygens (including phenoxy) is 1. The molecule has 0 aliphatic rings. The summed E-state index contributed by atoms with van der Waals surface area (Å²) in [4.78, 5) is 22.6. The Hall–Kier alpha value is -2.63. The average molecular weight is 287 g/mol. The average Bonchev–Trinajstić information content (AvgIpc) is 2.46. The number of para-hydroxylation sites is 1. The van der Waals surface area contributed by atoms with Crippen molar-refractivity contribution in [3.8, 4) is 5.75 Å². The third kappa shape index (κ3) is 3.92. The van der Waals surface area contributed by atoms with Crippen LogP contribution in [0.15, 0.2) is 35.1 Å². The Morgan fingerprint density at radius 3 is 2.57 bits per heavy atom. The summed E-state index contributed by atoms with van der Waals surface area (Å²) in [6.45, 7) is 4.67. The molecule has 6 heteroatoms. The van der Waals surface area contributed by atoms with E-state index in [1.54, 1.807) is 0 Å². The van der Waals surface area contributed by atoms with Gasteiger partial charge in [-0.05, 0) is 31.0 Å². The lowest BCUT2D eigenvalue weighted by molar-refractivity contribution is 0.0941. The largest absolute Gasteiger partial charge is 0.491 e. The molecule has 2 N–H and O–H groups in total. The summed E-state index contributed by atoms with van der Waals surface area (Å²) in [6, 6.07) is 8.56. The van der Waals surface area contributed by atoms with Crippen molar-refractivity contribution >= 4 is 5.91 Å². The van der Waals surface area contributed by atoms with Crippen LogP contribution in [0.25, 0.3) is 0 Å². The number of aryl methyl sites for hydroxylation is 2. The number of aromatic amines is 1. The van der Waals surface area contributed by atoms with Crippen LogP contribution in [0.2, 0.25) is 0 Å². The number of amides is 1. The molecule has 1 aromatic carbocycles. The first-order valence-electron chi connectivity index (χ1n) is 6.61. The number of rotatable bonds is 5. The van der Waals surface area contributed by atoms with Gasteiger partial charge in [0.1, 0.15) is 18.1 Å². The lowest BCUT2D eigenvalue weighted by Crippen LogP contribution is -2.29. The molecule has 1 aromatic heterocycles. The van der Waals surface area contributed by atoms with Gasteiger partial charge in [-0.3, -0.25) is 9.59 Å². The first kappa shape index (κ1) is 14.8. The highest BCUT2D eigenvalue weighted by Crippen LogP contribution is 2.21. The molecular weight excluding hydrogens is 270 g/mol. The van der Waals surface area contributed by atoms with Gasteiger partial charge in [0.15, 0.2) is 0 Å². The maximum absolute atomic E-state index is 11.7. The third-order valence-electron chi connectivity index (χ3n) is 2.95. The fourth-order valence-electron chi connectivity index (χ4n) is 1.91. The van der Waals surface area contributed by atoms with E-state index in [0.29, 0.717) is 13.2 Å². The second-order valence-electron chi connectivity index (χ2n) is 4.63. The van der Waals surface area contributed by atoms with E-state index in [9.17, 15) is 9.59 Å². The fourth-order valence-corrected chi connectivity index (χ4v) is 1.91. The maximum atomic E-state index is 11.7. The van der Waals surface area contributed by atoms with Crippen molar-refractivity contribution in [2.45, 2.75) is 13.8 Å². The van der Waals surface area contributed by atoms with Crippen LogP contribution in [0.4, 0.5) is 0 Å². The standard InChI is InChI=1S/C15H17N3O3/c1-10-4-3-5-11(2)14(10)21-9-8-16-15(20)12-6-7-13(19)18-17-12/h3-7H,8-9H2,1-2H3,(H,16,20)(H,18,19). The van der Waals surface area contributed by atoms with Gasteiger partial charge in [0.2, 0.25) is 0 Å². The third-order valence-corrected chi connectivity index (χ3v) is 2.95. The molecule has 1 amide bonds. The quantitative estimate of drug-likeness (QED) is 0.809. The van der Waals surface area contributed by atoms with Crippen LogP contribution in [-0.2, 0) is 0 Å². The summed E-state index contributed by atoms with van der Waals surface area (Å²) >= 11 is 0. The van der Waals surface area contributed by atoms with Crippen LogP contribution in [0.5, 0.6) is 5.75 Å². The van der Waals surface area contributed by atoms with E-state index in [1.807, 2.05) is 32.0 Å². The molecule has 0 atom stereocenters. The summed E-state index contributed by atoms with van der Waals surface area (Å²) < 4.78 is 5.68. The number of hydrogen-bond donors (Lipinski definition) is 2. The van der Waals surface area contributed by atoms with Gasteiger partial charge in [0.25, 0.3) is 11.5 Å². The molecule has 0 unspecified atom stereocenters. The number of aromatic nitrogens is 2. The molecule has 0 aliphatic carbocycles. The predicted molar refractivity (Wildman–Crippen MR) is 78.6 cm³/mol. The lowest BCUT2D eigenvalue weighted by atomic mass is 10.1. The maximum Gasteiger partial charge on any atom is 0.271 e. The predicted octanol–water partition coefficient (Wildman–Crippen LogP) is 1.20. The van der Waals surface area contributed by atoms with Gasteiger partial charge in [-0.1, -0.05) is 18.2 Å². The summed E-state index contributed by atoms with van der Waals surface area (Å²) in [7, 11) is 0. The van der Waals surface area contributed by atoms with E-state index >= 15 is 0 Å². The number of benzene rings is 1. The van der Waals surface area contributed by atoms with Gasteiger partial charge < -0.3 is 10.1 Å². The molecule has 0 aliphatic heterocycles. The first-order chi connectivity index (χ1) is 10.1. The van der Waals surface area contributed by atoms with Crippen molar-refractivity contribution in [1.29, 1.82) is 0 Å². The van der Waals surface area contributed by atoms with Gasteiger partial charge >= 0.3 is 0 Å². The van der Waals surface area contributed by atoms with Crippen LogP contribution in [-0.4, -0.2) is 29.3 Å². The van der Waals surface area contributed by atoms with Gasteiger partial charge in [0.05, 0.1) is 6.54 Å². The number of nitrogens with zero attached hydrogens (tertiary/aromatic N) is 1. The van der Waals surface area contributed by atoms with Crippen molar-refractivity contribution in [3.63, 3.8) is 0 Å². The number of nitrogens with one attached hydrogen (secondary N) is 2. The highest BCUT2D eigenvalue weighted by atomic mass is 16.5. The Balaban J connectivity index is 1.83. The Kier molecular flexibility index (Phi) is 4.71. The summed E-state index contributed by atoms with van der Waals surface area (Å²) in [6.07, 6.45) is 0. The molecular formula is C15H17N3O3. The van der Waals surface area contributed by atoms with E-state index in [4.69, 9.17) is 4.74 Å². The molecule has 1 heterocycles. The summed E-state index contributed by atoms with van der Waals surface area (Å²) in [5.74, 6) is 0.491. The van der Waals surface area contributed by atoms with Crippen LogP contribution < -0.4 is 15.6 Å². The van der Waals surface area contributed by atoms with Crippen molar-refractivity contribution in [1.82, 2.24) is 15.5 Å². The monoisotopic (exact) mass is 287 g/mol. The molecule has 21 heavy (non-hydrogen) atoms. The van der Waals surface area contributed by atoms with E-state index in [0.717, 1.165) is 16.9 Å². The first-order valence-corrected chi connectivity index (χ1v) is 6.61. The van der Waals surface area contributed by atoms with Gasteiger partial charge in [-0.2, -0.15) is 5.10 Å². The molecule has 6 nitrogen and oxygen atoms in total. The highest BCUT2D eigenvalue weighted by Gasteiger charge is 2.07. The Morgan fingerprint density at radius 1 is 1.24 bits per heavy atom. The second kappa shape index (κ2) is 6.69.